The molecule has 13 heavy (non-hydrogen) atoms. The summed E-state index contributed by atoms with van der Waals surface area (Å²) in [5.41, 5.74) is 1.91. The fourth-order valence-electron chi connectivity index (χ4n) is 1.28. The number of hydrogen-bond donors (Lipinski definition) is 1. The van der Waals surface area contributed by atoms with E-state index in [1.165, 1.54) is 24.4 Å². The van der Waals surface area contributed by atoms with Crippen LogP contribution in [0.25, 0.3) is 0 Å². The molecule has 2 heterocycles. The summed E-state index contributed by atoms with van der Waals surface area (Å²) >= 11 is 3.80. The Morgan fingerprint density at radius 2 is 2.62 bits per heavy atom. The van der Waals surface area contributed by atoms with Crippen LogP contribution in [0.5, 0.6) is 0 Å². The average Bonchev–Trinajstić information content (AvgIpc) is 2.74. The van der Waals surface area contributed by atoms with E-state index < -0.39 is 0 Å². The van der Waals surface area contributed by atoms with Crippen LogP contribution in [-0.2, 0) is 5.75 Å². The van der Waals surface area contributed by atoms with E-state index in [4.69, 9.17) is 0 Å². The molecule has 1 aromatic heterocycles. The van der Waals surface area contributed by atoms with Crippen LogP contribution in [0.2, 0.25) is 0 Å². The number of rotatable bonds is 3. The summed E-state index contributed by atoms with van der Waals surface area (Å²) in [6.45, 7) is 2.38. The highest BCUT2D eigenvalue weighted by Gasteiger charge is 2.14. The summed E-state index contributed by atoms with van der Waals surface area (Å²) in [5, 5.41) is 4.20. The van der Waals surface area contributed by atoms with E-state index in [9.17, 15) is 0 Å². The van der Waals surface area contributed by atoms with E-state index >= 15 is 0 Å². The maximum atomic E-state index is 4.06. The van der Waals surface area contributed by atoms with E-state index in [1.807, 2.05) is 23.5 Å². The van der Waals surface area contributed by atoms with Crippen molar-refractivity contribution in [1.29, 1.82) is 0 Å². The van der Waals surface area contributed by atoms with Crippen LogP contribution in [0.4, 0.5) is 0 Å². The van der Waals surface area contributed by atoms with Crippen LogP contribution in [0.3, 0.4) is 0 Å². The molecule has 0 bridgehead atoms. The molecular formula is C8H13ClN2S2. The molecule has 0 saturated carbocycles. The average molecular weight is 237 g/mol. The minimum atomic E-state index is 0. The van der Waals surface area contributed by atoms with Gasteiger partial charge in [-0.3, -0.25) is 4.98 Å². The third-order valence-corrected chi connectivity index (χ3v) is 4.27. The van der Waals surface area contributed by atoms with Crippen LogP contribution in [0.1, 0.15) is 11.3 Å². The lowest BCUT2D eigenvalue weighted by Crippen LogP contribution is -2.10. The van der Waals surface area contributed by atoms with E-state index in [0.717, 1.165) is 11.0 Å². The van der Waals surface area contributed by atoms with Crippen molar-refractivity contribution in [1.82, 2.24) is 10.3 Å². The molecule has 0 aromatic carbocycles. The number of aromatic nitrogens is 1. The molecule has 74 valence electrons. The van der Waals surface area contributed by atoms with Crippen molar-refractivity contribution in [3.8, 4) is 0 Å². The SMILES string of the molecule is Cl.c1ncc(CS[C@@H]2CCNC2)s1. The standard InChI is InChI=1S/C8H12N2S2.ClH/c1-2-9-3-7(1)11-5-8-4-10-6-12-8;/h4,6-7,9H,1-3,5H2;1H/t7-;/m1./s1. The van der Waals surface area contributed by atoms with Gasteiger partial charge in [-0.25, -0.2) is 0 Å². The Labute approximate surface area is 92.9 Å². The molecule has 2 rings (SSSR count). The van der Waals surface area contributed by atoms with Crippen LogP contribution < -0.4 is 5.32 Å². The Bertz CT molecular complexity index is 222. The first-order valence-corrected chi connectivity index (χ1v) is 6.07. The van der Waals surface area contributed by atoms with Gasteiger partial charge in [0.05, 0.1) is 5.51 Å². The molecule has 1 atom stereocenters. The molecule has 0 spiro atoms. The van der Waals surface area contributed by atoms with Gasteiger partial charge in [0, 0.05) is 28.6 Å². The zero-order chi connectivity index (χ0) is 8.23. The van der Waals surface area contributed by atoms with Gasteiger partial charge in [0.15, 0.2) is 0 Å². The normalized spacial score (nSPS) is 21.4. The monoisotopic (exact) mass is 236 g/mol. The fourth-order valence-corrected chi connectivity index (χ4v) is 3.13. The van der Waals surface area contributed by atoms with E-state index in [1.54, 1.807) is 11.3 Å². The van der Waals surface area contributed by atoms with Gasteiger partial charge in [-0.1, -0.05) is 0 Å². The van der Waals surface area contributed by atoms with Gasteiger partial charge in [0.25, 0.3) is 0 Å². The Hall–Kier alpha value is 0.230. The molecule has 1 fully saturated rings. The van der Waals surface area contributed by atoms with Crippen molar-refractivity contribution in [2.45, 2.75) is 17.4 Å². The van der Waals surface area contributed by atoms with E-state index in [-0.39, 0.29) is 12.4 Å². The lowest BCUT2D eigenvalue weighted by Gasteiger charge is -2.05. The number of nitrogens with zero attached hydrogens (tertiary/aromatic N) is 1. The number of halogens is 1. The van der Waals surface area contributed by atoms with Crippen molar-refractivity contribution in [2.75, 3.05) is 13.1 Å². The lowest BCUT2D eigenvalue weighted by molar-refractivity contribution is 0.858. The van der Waals surface area contributed by atoms with E-state index in [0.29, 0.717) is 0 Å². The molecule has 0 amide bonds. The smallest absolute Gasteiger partial charge is 0.0794 e. The number of thioether (sulfide) groups is 1. The second-order valence-electron chi connectivity index (χ2n) is 2.89. The van der Waals surface area contributed by atoms with Gasteiger partial charge >= 0.3 is 0 Å². The first kappa shape index (κ1) is 11.3. The molecule has 1 aliphatic heterocycles. The zero-order valence-corrected chi connectivity index (χ0v) is 9.68. The van der Waals surface area contributed by atoms with Gasteiger partial charge in [-0.2, -0.15) is 11.8 Å². The molecule has 2 nitrogen and oxygen atoms in total. The summed E-state index contributed by atoms with van der Waals surface area (Å²) in [7, 11) is 0. The molecule has 0 aliphatic carbocycles. The third kappa shape index (κ3) is 3.46. The highest BCUT2D eigenvalue weighted by Crippen LogP contribution is 2.23. The zero-order valence-electron chi connectivity index (χ0n) is 7.23. The lowest BCUT2D eigenvalue weighted by atomic mass is 10.4. The first-order valence-electron chi connectivity index (χ1n) is 4.15. The fraction of sp³-hybridized carbons (Fsp3) is 0.625. The van der Waals surface area contributed by atoms with Crippen LogP contribution in [0, 0.1) is 0 Å². The molecule has 0 unspecified atom stereocenters. The summed E-state index contributed by atoms with van der Waals surface area (Å²) in [4.78, 5) is 5.45. The molecule has 1 saturated heterocycles. The first-order chi connectivity index (χ1) is 5.95. The predicted octanol–water partition coefficient (Wildman–Crippen LogP) is 2.16. The van der Waals surface area contributed by atoms with E-state index in [2.05, 4.69) is 10.3 Å². The third-order valence-electron chi connectivity index (χ3n) is 1.96. The van der Waals surface area contributed by atoms with Gasteiger partial charge in [-0.15, -0.1) is 23.7 Å². The molecule has 5 heteroatoms. The van der Waals surface area contributed by atoms with Gasteiger partial charge in [-0.05, 0) is 13.0 Å². The Morgan fingerprint density at radius 1 is 1.69 bits per heavy atom. The molecular weight excluding hydrogens is 224 g/mol. The second-order valence-corrected chi connectivity index (χ2v) is 5.15. The quantitative estimate of drug-likeness (QED) is 0.871. The second kappa shape index (κ2) is 5.86. The van der Waals surface area contributed by atoms with Gasteiger partial charge < -0.3 is 5.32 Å². The largest absolute Gasteiger partial charge is 0.316 e. The van der Waals surface area contributed by atoms with Gasteiger partial charge in [0.1, 0.15) is 0 Å². The number of hydrogen-bond acceptors (Lipinski definition) is 4. The predicted molar refractivity (Wildman–Crippen MR) is 61.9 cm³/mol. The maximum Gasteiger partial charge on any atom is 0.0794 e. The van der Waals surface area contributed by atoms with Crippen molar-refractivity contribution >= 4 is 35.5 Å². The minimum Gasteiger partial charge on any atom is -0.316 e. The van der Waals surface area contributed by atoms with Crippen molar-refractivity contribution in [2.24, 2.45) is 0 Å². The molecule has 1 aliphatic rings. The summed E-state index contributed by atoms with van der Waals surface area (Å²) < 4.78 is 0. The molecule has 1 aromatic rings. The Morgan fingerprint density at radius 3 is 3.23 bits per heavy atom. The van der Waals surface area contributed by atoms with Crippen molar-refractivity contribution < 1.29 is 0 Å². The highest BCUT2D eigenvalue weighted by atomic mass is 35.5. The molecule has 1 N–H and O–H groups in total. The summed E-state index contributed by atoms with van der Waals surface area (Å²) in [6.07, 6.45) is 3.30. The van der Waals surface area contributed by atoms with Gasteiger partial charge in [0.2, 0.25) is 0 Å². The highest BCUT2D eigenvalue weighted by molar-refractivity contribution is 7.99. The number of nitrogens with one attached hydrogen (secondary N) is 1. The molecule has 0 radical (unpaired) electrons. The van der Waals surface area contributed by atoms with Crippen molar-refractivity contribution in [3.05, 3.63) is 16.6 Å². The van der Waals surface area contributed by atoms with Crippen LogP contribution in [-0.4, -0.2) is 23.3 Å². The maximum absolute atomic E-state index is 4.06. The summed E-state index contributed by atoms with van der Waals surface area (Å²) in [5.74, 6) is 1.14. The van der Waals surface area contributed by atoms with Crippen molar-refractivity contribution in [3.63, 3.8) is 0 Å². The minimum absolute atomic E-state index is 0. The Balaban J connectivity index is 0.000000845. The van der Waals surface area contributed by atoms with Crippen LogP contribution in [0.15, 0.2) is 11.7 Å². The van der Waals surface area contributed by atoms with Crippen LogP contribution >= 0.6 is 35.5 Å². The topological polar surface area (TPSA) is 24.9 Å². The Kier molecular flexibility index (Phi) is 5.09. The number of thiazole rings is 1. The summed E-state index contributed by atoms with van der Waals surface area (Å²) in [6, 6.07) is 0.